The molecule has 1 aliphatic heterocycles. The predicted molar refractivity (Wildman–Crippen MR) is 98.6 cm³/mol. The molecule has 1 amide bonds. The van der Waals surface area contributed by atoms with Crippen molar-refractivity contribution in [2.45, 2.75) is 45.4 Å². The molecule has 7 nitrogen and oxygen atoms in total. The van der Waals surface area contributed by atoms with Gasteiger partial charge in [-0.3, -0.25) is 4.90 Å². The number of benzene rings is 1. The summed E-state index contributed by atoms with van der Waals surface area (Å²) in [6.07, 6.45) is 0.426. The van der Waals surface area contributed by atoms with E-state index in [1.54, 1.807) is 6.07 Å². The zero-order valence-corrected chi connectivity index (χ0v) is 16.2. The Labute approximate surface area is 155 Å². The number of amides is 1. The summed E-state index contributed by atoms with van der Waals surface area (Å²) in [7, 11) is 0. The average Bonchev–Trinajstić information content (AvgIpc) is 2.87. The van der Waals surface area contributed by atoms with Crippen LogP contribution in [0.5, 0.6) is 0 Å². The minimum Gasteiger partial charge on any atom is -0.478 e. The van der Waals surface area contributed by atoms with Crippen molar-refractivity contribution in [3.05, 3.63) is 27.7 Å². The normalized spacial score (nSPS) is 18.2. The topological polar surface area (TPSA) is 105 Å². The zero-order valence-electron chi connectivity index (χ0n) is 14.6. The van der Waals surface area contributed by atoms with Crippen molar-refractivity contribution in [1.29, 1.82) is 0 Å². The number of carbonyl (C=O) groups is 2. The van der Waals surface area contributed by atoms with Crippen LogP contribution < -0.4 is 11.1 Å². The number of nitrogen functional groups attached to an aromatic ring is 1. The van der Waals surface area contributed by atoms with Gasteiger partial charge in [-0.15, -0.1) is 0 Å². The van der Waals surface area contributed by atoms with Crippen molar-refractivity contribution >= 4 is 33.7 Å². The molecule has 0 aromatic heterocycles. The third kappa shape index (κ3) is 5.61. The quantitative estimate of drug-likeness (QED) is 0.655. The summed E-state index contributed by atoms with van der Waals surface area (Å²) in [5.41, 5.74) is 6.55. The fourth-order valence-corrected chi connectivity index (χ4v) is 3.22. The van der Waals surface area contributed by atoms with Gasteiger partial charge in [0.05, 0.1) is 5.56 Å². The molecule has 1 aromatic carbocycles. The number of likely N-dealkylation sites (tertiary alicyclic amines) is 1. The van der Waals surface area contributed by atoms with E-state index < -0.39 is 17.7 Å². The average molecular weight is 414 g/mol. The van der Waals surface area contributed by atoms with Gasteiger partial charge in [-0.1, -0.05) is 15.9 Å². The number of hydrogen-bond donors (Lipinski definition) is 3. The van der Waals surface area contributed by atoms with Crippen LogP contribution >= 0.6 is 15.9 Å². The molecule has 0 spiro atoms. The molecule has 1 unspecified atom stereocenters. The minimum absolute atomic E-state index is 0.0317. The van der Waals surface area contributed by atoms with Gasteiger partial charge in [-0.2, -0.15) is 0 Å². The molecule has 1 saturated heterocycles. The Morgan fingerprint density at radius 1 is 1.44 bits per heavy atom. The van der Waals surface area contributed by atoms with E-state index >= 15 is 0 Å². The van der Waals surface area contributed by atoms with E-state index in [0.29, 0.717) is 17.6 Å². The van der Waals surface area contributed by atoms with E-state index in [1.807, 2.05) is 20.8 Å². The molecule has 1 atom stereocenters. The molecule has 25 heavy (non-hydrogen) atoms. The Hall–Kier alpha value is -1.80. The van der Waals surface area contributed by atoms with Gasteiger partial charge in [-0.25, -0.2) is 9.59 Å². The summed E-state index contributed by atoms with van der Waals surface area (Å²) in [6.45, 7) is 7.64. The molecule has 138 valence electrons. The zero-order chi connectivity index (χ0) is 18.8. The van der Waals surface area contributed by atoms with Gasteiger partial charge >= 0.3 is 12.1 Å². The summed E-state index contributed by atoms with van der Waals surface area (Å²) < 4.78 is 5.99. The van der Waals surface area contributed by atoms with Gasteiger partial charge in [0.25, 0.3) is 0 Å². The first kappa shape index (κ1) is 19.5. The van der Waals surface area contributed by atoms with Gasteiger partial charge in [0.2, 0.25) is 0 Å². The highest BCUT2D eigenvalue weighted by Gasteiger charge is 2.26. The number of nitrogens with one attached hydrogen (secondary N) is 1. The largest absolute Gasteiger partial charge is 0.478 e. The van der Waals surface area contributed by atoms with Gasteiger partial charge in [0.1, 0.15) is 5.60 Å². The molecule has 0 bridgehead atoms. The highest BCUT2D eigenvalue weighted by molar-refractivity contribution is 9.10. The number of anilines is 1. The van der Waals surface area contributed by atoms with Crippen LogP contribution in [0.2, 0.25) is 0 Å². The second-order valence-electron chi connectivity index (χ2n) is 7.20. The molecular formula is C17H24BrN3O4. The number of carbonyl (C=O) groups excluding carboxylic acids is 1. The van der Waals surface area contributed by atoms with E-state index in [1.165, 1.54) is 6.07 Å². The SMILES string of the molecule is CC(C)(C)OC(=O)NC1CCN(Cc2cc(N)c(C(=O)O)cc2Br)C1. The maximum absolute atomic E-state index is 11.8. The number of carboxylic acid groups (broad SMARTS) is 1. The molecule has 1 aliphatic rings. The molecule has 8 heteroatoms. The first-order valence-electron chi connectivity index (χ1n) is 8.08. The van der Waals surface area contributed by atoms with Crippen molar-refractivity contribution in [1.82, 2.24) is 10.2 Å². The number of aromatic carboxylic acids is 1. The fraction of sp³-hybridized carbons (Fsp3) is 0.529. The predicted octanol–water partition coefficient (Wildman–Crippen LogP) is 2.83. The highest BCUT2D eigenvalue weighted by atomic mass is 79.9. The molecular weight excluding hydrogens is 390 g/mol. The number of halogens is 1. The Morgan fingerprint density at radius 2 is 2.12 bits per heavy atom. The molecule has 0 saturated carbocycles. The van der Waals surface area contributed by atoms with E-state index in [2.05, 4.69) is 26.1 Å². The standard InChI is InChI=1S/C17H24BrN3O4/c1-17(2,3)25-16(24)20-11-4-5-21(9-11)8-10-6-14(19)12(15(22)23)7-13(10)18/h6-7,11H,4-5,8-9,19H2,1-3H3,(H,20,24)(H,22,23). The number of rotatable bonds is 4. The van der Waals surface area contributed by atoms with Crippen LogP contribution in [-0.4, -0.2) is 46.8 Å². The van der Waals surface area contributed by atoms with Crippen LogP contribution in [0.25, 0.3) is 0 Å². The van der Waals surface area contributed by atoms with Crippen LogP contribution in [-0.2, 0) is 11.3 Å². The van der Waals surface area contributed by atoms with Crippen LogP contribution in [0, 0.1) is 0 Å². The number of alkyl carbamates (subject to hydrolysis) is 1. The lowest BCUT2D eigenvalue weighted by Gasteiger charge is -2.22. The van der Waals surface area contributed by atoms with Crippen molar-refractivity contribution in [3.63, 3.8) is 0 Å². The first-order chi connectivity index (χ1) is 11.5. The number of carboxylic acids is 1. The number of ether oxygens (including phenoxy) is 1. The lowest BCUT2D eigenvalue weighted by Crippen LogP contribution is -2.40. The molecule has 1 fully saturated rings. The molecule has 0 radical (unpaired) electrons. The molecule has 2 rings (SSSR count). The van der Waals surface area contributed by atoms with Crippen molar-refractivity contribution in [3.8, 4) is 0 Å². The molecule has 0 aliphatic carbocycles. The lowest BCUT2D eigenvalue weighted by atomic mass is 10.1. The summed E-state index contributed by atoms with van der Waals surface area (Å²) in [6, 6.07) is 3.24. The maximum atomic E-state index is 11.8. The summed E-state index contributed by atoms with van der Waals surface area (Å²) in [5, 5.41) is 12.0. The summed E-state index contributed by atoms with van der Waals surface area (Å²) in [5.74, 6) is -1.05. The van der Waals surface area contributed by atoms with Crippen molar-refractivity contribution < 1.29 is 19.4 Å². The third-order valence-electron chi connectivity index (χ3n) is 3.84. The van der Waals surface area contributed by atoms with Crippen LogP contribution in [0.1, 0.15) is 43.1 Å². The van der Waals surface area contributed by atoms with E-state index in [0.717, 1.165) is 18.5 Å². The van der Waals surface area contributed by atoms with Gasteiger partial charge < -0.3 is 20.9 Å². The summed E-state index contributed by atoms with van der Waals surface area (Å²) >= 11 is 3.41. The molecule has 1 aromatic rings. The van der Waals surface area contributed by atoms with Crippen LogP contribution in [0.4, 0.5) is 10.5 Å². The summed E-state index contributed by atoms with van der Waals surface area (Å²) in [4.78, 5) is 25.1. The van der Waals surface area contributed by atoms with E-state index in [9.17, 15) is 9.59 Å². The molecule has 1 heterocycles. The first-order valence-corrected chi connectivity index (χ1v) is 8.87. The van der Waals surface area contributed by atoms with E-state index in [-0.39, 0.29) is 17.3 Å². The highest BCUT2D eigenvalue weighted by Crippen LogP contribution is 2.26. The Bertz CT molecular complexity index is 673. The lowest BCUT2D eigenvalue weighted by molar-refractivity contribution is 0.0505. The van der Waals surface area contributed by atoms with Gasteiger partial charge in [0.15, 0.2) is 0 Å². The third-order valence-corrected chi connectivity index (χ3v) is 4.57. The number of nitrogens with zero attached hydrogens (tertiary/aromatic N) is 1. The second-order valence-corrected chi connectivity index (χ2v) is 8.06. The minimum atomic E-state index is -1.05. The van der Waals surface area contributed by atoms with E-state index in [4.69, 9.17) is 15.6 Å². The van der Waals surface area contributed by atoms with Crippen molar-refractivity contribution in [2.75, 3.05) is 18.8 Å². The monoisotopic (exact) mass is 413 g/mol. The Morgan fingerprint density at radius 3 is 2.72 bits per heavy atom. The maximum Gasteiger partial charge on any atom is 0.407 e. The van der Waals surface area contributed by atoms with Crippen molar-refractivity contribution in [2.24, 2.45) is 0 Å². The van der Waals surface area contributed by atoms with Gasteiger partial charge in [-0.05, 0) is 44.9 Å². The second kappa shape index (κ2) is 7.61. The van der Waals surface area contributed by atoms with Crippen LogP contribution in [0.3, 0.4) is 0 Å². The van der Waals surface area contributed by atoms with Crippen LogP contribution in [0.15, 0.2) is 16.6 Å². The smallest absolute Gasteiger partial charge is 0.407 e. The molecule has 4 N–H and O–H groups in total. The number of hydrogen-bond acceptors (Lipinski definition) is 5. The number of nitrogens with two attached hydrogens (primary N) is 1. The fourth-order valence-electron chi connectivity index (χ4n) is 2.75. The van der Waals surface area contributed by atoms with Gasteiger partial charge in [0, 0.05) is 35.8 Å². The Balaban J connectivity index is 1.94. The Kier molecular flexibility index (Phi) is 5.95.